The molecule has 0 saturated carbocycles. The Morgan fingerprint density at radius 3 is 2.29 bits per heavy atom. The van der Waals surface area contributed by atoms with E-state index in [-0.39, 0.29) is 16.9 Å². The van der Waals surface area contributed by atoms with E-state index >= 15 is 0 Å². The maximum absolute atomic E-state index is 13.7. The van der Waals surface area contributed by atoms with Crippen molar-refractivity contribution >= 4 is 17.2 Å². The van der Waals surface area contributed by atoms with Crippen molar-refractivity contribution in [3.63, 3.8) is 0 Å². The quantitative estimate of drug-likeness (QED) is 0.466. The molecule has 0 spiro atoms. The molecule has 0 aliphatic heterocycles. The van der Waals surface area contributed by atoms with Crippen LogP contribution in [0.4, 0.5) is 18.9 Å². The number of hydrogen-bond donors (Lipinski definition) is 1. The Labute approximate surface area is 176 Å². The zero-order valence-electron chi connectivity index (χ0n) is 17.1. The van der Waals surface area contributed by atoms with Crippen molar-refractivity contribution in [1.82, 2.24) is 14.6 Å². The van der Waals surface area contributed by atoms with Gasteiger partial charge in [-0.2, -0.15) is 18.3 Å². The Bertz CT molecular complexity index is 1290. The summed E-state index contributed by atoms with van der Waals surface area (Å²) < 4.78 is 41.9. The van der Waals surface area contributed by atoms with Gasteiger partial charge in [-0.15, -0.1) is 0 Å². The lowest BCUT2D eigenvalue weighted by atomic mass is 10.1. The number of aryl methyl sites for hydroxylation is 3. The molecular formula is C23H19F3N4O. The van der Waals surface area contributed by atoms with Crippen molar-refractivity contribution in [2.45, 2.75) is 26.9 Å². The molecule has 0 saturated heterocycles. The monoisotopic (exact) mass is 424 g/mol. The second-order valence-corrected chi connectivity index (χ2v) is 7.46. The summed E-state index contributed by atoms with van der Waals surface area (Å²) in [6, 6.07) is 13.4. The number of fused-ring (bicyclic) bond motifs is 1. The van der Waals surface area contributed by atoms with E-state index in [0.29, 0.717) is 15.8 Å². The molecule has 0 fully saturated rings. The molecular weight excluding hydrogens is 405 g/mol. The van der Waals surface area contributed by atoms with E-state index in [1.807, 2.05) is 32.9 Å². The first-order valence-corrected chi connectivity index (χ1v) is 9.55. The average molecular weight is 424 g/mol. The lowest BCUT2D eigenvalue weighted by Gasteiger charge is -2.12. The summed E-state index contributed by atoms with van der Waals surface area (Å²) in [5.41, 5.74) is 2.84. The van der Waals surface area contributed by atoms with E-state index in [1.54, 1.807) is 30.3 Å². The number of halogens is 3. The predicted octanol–water partition coefficient (Wildman–Crippen LogP) is 5.59. The number of alkyl halides is 3. The minimum atomic E-state index is -4.67. The minimum Gasteiger partial charge on any atom is -0.322 e. The van der Waals surface area contributed by atoms with Crippen LogP contribution in [0.3, 0.4) is 0 Å². The normalized spacial score (nSPS) is 11.7. The number of carbonyl (C=O) groups is 1. The number of amides is 1. The molecule has 158 valence electrons. The molecule has 5 nitrogen and oxygen atoms in total. The van der Waals surface area contributed by atoms with Gasteiger partial charge in [0.2, 0.25) is 0 Å². The van der Waals surface area contributed by atoms with Crippen molar-refractivity contribution in [2.24, 2.45) is 0 Å². The zero-order valence-corrected chi connectivity index (χ0v) is 17.1. The van der Waals surface area contributed by atoms with Crippen LogP contribution in [0, 0.1) is 20.8 Å². The Balaban J connectivity index is 1.84. The Hall–Kier alpha value is -3.68. The largest absolute Gasteiger partial charge is 0.433 e. The second kappa shape index (κ2) is 7.54. The number of hydrogen-bond acceptors (Lipinski definition) is 3. The average Bonchev–Trinajstić information content (AvgIpc) is 3.13. The van der Waals surface area contributed by atoms with Gasteiger partial charge in [-0.05, 0) is 38.5 Å². The van der Waals surface area contributed by atoms with E-state index in [4.69, 9.17) is 0 Å². The summed E-state index contributed by atoms with van der Waals surface area (Å²) in [7, 11) is 0. The highest BCUT2D eigenvalue weighted by atomic mass is 19.4. The first-order valence-electron chi connectivity index (χ1n) is 9.55. The lowest BCUT2D eigenvalue weighted by Crippen LogP contribution is -2.16. The summed E-state index contributed by atoms with van der Waals surface area (Å²) in [6.45, 7) is 5.65. The topological polar surface area (TPSA) is 59.3 Å². The molecule has 0 radical (unpaired) electrons. The molecule has 2 heterocycles. The van der Waals surface area contributed by atoms with Crippen molar-refractivity contribution in [2.75, 3.05) is 5.32 Å². The number of carbonyl (C=O) groups excluding carboxylic acids is 1. The number of rotatable bonds is 3. The number of nitrogens with zero attached hydrogens (tertiary/aromatic N) is 3. The van der Waals surface area contributed by atoms with Crippen LogP contribution in [-0.4, -0.2) is 20.5 Å². The lowest BCUT2D eigenvalue weighted by molar-refractivity contribution is -0.142. The number of benzene rings is 2. The molecule has 8 heteroatoms. The third-order valence-electron chi connectivity index (χ3n) is 4.98. The van der Waals surface area contributed by atoms with Gasteiger partial charge in [-0.25, -0.2) is 9.50 Å². The molecule has 0 aliphatic rings. The van der Waals surface area contributed by atoms with E-state index in [9.17, 15) is 18.0 Å². The van der Waals surface area contributed by atoms with E-state index in [0.717, 1.165) is 29.0 Å². The molecule has 0 bridgehead atoms. The van der Waals surface area contributed by atoms with Crippen LogP contribution in [0.2, 0.25) is 0 Å². The van der Waals surface area contributed by atoms with Crippen LogP contribution in [0.1, 0.15) is 32.7 Å². The highest BCUT2D eigenvalue weighted by Gasteiger charge is 2.36. The molecule has 0 aliphatic carbocycles. The highest BCUT2D eigenvalue weighted by molar-refractivity contribution is 6.08. The van der Waals surface area contributed by atoms with E-state index in [2.05, 4.69) is 15.4 Å². The van der Waals surface area contributed by atoms with Gasteiger partial charge in [0.15, 0.2) is 11.3 Å². The molecule has 2 aromatic heterocycles. The molecule has 0 unspecified atom stereocenters. The smallest absolute Gasteiger partial charge is 0.322 e. The Kier molecular flexibility index (Phi) is 5.00. The van der Waals surface area contributed by atoms with E-state index < -0.39 is 17.8 Å². The SMILES string of the molecule is Cc1ccc(-c2cc(C(F)(F)F)n3ncc(C(=O)Nc4ccc(C)cc4C)c3n2)cc1. The summed E-state index contributed by atoms with van der Waals surface area (Å²) in [4.78, 5) is 17.2. The number of anilines is 1. The van der Waals surface area contributed by atoms with Crippen LogP contribution in [0.15, 0.2) is 54.7 Å². The van der Waals surface area contributed by atoms with Crippen molar-refractivity contribution < 1.29 is 18.0 Å². The Morgan fingerprint density at radius 1 is 0.968 bits per heavy atom. The van der Waals surface area contributed by atoms with Crippen molar-refractivity contribution in [1.29, 1.82) is 0 Å². The zero-order chi connectivity index (χ0) is 22.3. The molecule has 1 amide bonds. The summed E-state index contributed by atoms with van der Waals surface area (Å²) >= 11 is 0. The predicted molar refractivity (Wildman–Crippen MR) is 112 cm³/mol. The fraction of sp³-hybridized carbons (Fsp3) is 0.174. The van der Waals surface area contributed by atoms with Crippen LogP contribution in [0.5, 0.6) is 0 Å². The molecule has 4 rings (SSSR count). The van der Waals surface area contributed by atoms with Gasteiger partial charge in [-0.1, -0.05) is 47.5 Å². The van der Waals surface area contributed by atoms with Crippen molar-refractivity contribution in [3.05, 3.63) is 82.7 Å². The number of aromatic nitrogens is 3. The van der Waals surface area contributed by atoms with Crippen LogP contribution in [0.25, 0.3) is 16.9 Å². The molecule has 0 atom stereocenters. The Morgan fingerprint density at radius 2 is 1.65 bits per heavy atom. The fourth-order valence-electron chi connectivity index (χ4n) is 3.34. The molecule has 31 heavy (non-hydrogen) atoms. The van der Waals surface area contributed by atoms with E-state index in [1.165, 1.54) is 0 Å². The highest BCUT2D eigenvalue weighted by Crippen LogP contribution is 2.33. The van der Waals surface area contributed by atoms with Gasteiger partial charge in [0.1, 0.15) is 5.56 Å². The number of nitrogens with one attached hydrogen (secondary N) is 1. The van der Waals surface area contributed by atoms with Gasteiger partial charge in [-0.3, -0.25) is 4.79 Å². The standard InChI is InChI=1S/C23H19F3N4O/c1-13-4-7-16(8-5-13)19-11-20(23(24,25)26)30-21(28-19)17(12-27-30)22(31)29-18-9-6-14(2)10-15(18)3/h4-12H,1-3H3,(H,29,31). The maximum atomic E-state index is 13.7. The van der Waals surface area contributed by atoms with Crippen LogP contribution < -0.4 is 5.32 Å². The van der Waals surface area contributed by atoms with Gasteiger partial charge >= 0.3 is 6.18 Å². The maximum Gasteiger partial charge on any atom is 0.433 e. The van der Waals surface area contributed by atoms with Gasteiger partial charge in [0.25, 0.3) is 5.91 Å². The fourth-order valence-corrected chi connectivity index (χ4v) is 3.34. The van der Waals surface area contributed by atoms with Gasteiger partial charge in [0.05, 0.1) is 11.9 Å². The molecule has 2 aromatic carbocycles. The third kappa shape index (κ3) is 4.01. The first-order chi connectivity index (χ1) is 14.6. The first kappa shape index (κ1) is 20.6. The third-order valence-corrected chi connectivity index (χ3v) is 4.98. The summed E-state index contributed by atoms with van der Waals surface area (Å²) in [6.07, 6.45) is -3.57. The summed E-state index contributed by atoms with van der Waals surface area (Å²) in [5.74, 6) is -0.580. The minimum absolute atomic E-state index is 0.0422. The second-order valence-electron chi connectivity index (χ2n) is 7.46. The van der Waals surface area contributed by atoms with Crippen molar-refractivity contribution in [3.8, 4) is 11.3 Å². The molecule has 1 N–H and O–H groups in total. The van der Waals surface area contributed by atoms with Gasteiger partial charge in [0, 0.05) is 11.3 Å². The van der Waals surface area contributed by atoms with Gasteiger partial charge < -0.3 is 5.32 Å². The summed E-state index contributed by atoms with van der Waals surface area (Å²) in [5, 5.41) is 6.55. The molecule has 4 aromatic rings. The van der Waals surface area contributed by atoms with Crippen LogP contribution in [-0.2, 0) is 6.18 Å². The van der Waals surface area contributed by atoms with Crippen LogP contribution >= 0.6 is 0 Å².